The van der Waals surface area contributed by atoms with Crippen molar-refractivity contribution in [2.24, 2.45) is 17.6 Å². The first-order chi connectivity index (χ1) is 4.33. The normalized spacial score (nSPS) is 49.3. The van der Waals surface area contributed by atoms with Gasteiger partial charge in [-0.3, -0.25) is 0 Å². The third kappa shape index (κ3) is 0.578. The molecule has 0 aromatic heterocycles. The maximum Gasteiger partial charge on any atom is 0.0139 e. The van der Waals surface area contributed by atoms with E-state index >= 15 is 0 Å². The van der Waals surface area contributed by atoms with Crippen LogP contribution in [-0.2, 0) is 0 Å². The Morgan fingerprint density at radius 2 is 2.44 bits per heavy atom. The van der Waals surface area contributed by atoms with E-state index in [0.29, 0.717) is 0 Å². The second-order valence-corrected chi connectivity index (χ2v) is 3.40. The summed E-state index contributed by atoms with van der Waals surface area (Å²) >= 11 is 0. The second-order valence-electron chi connectivity index (χ2n) is 3.40. The molecule has 0 aromatic carbocycles. The lowest BCUT2D eigenvalue weighted by atomic mass is 9.74. The van der Waals surface area contributed by atoms with Crippen LogP contribution in [0.4, 0.5) is 0 Å². The van der Waals surface area contributed by atoms with Crippen molar-refractivity contribution in [1.29, 1.82) is 0 Å². The zero-order chi connectivity index (χ0) is 6.43. The van der Waals surface area contributed by atoms with Crippen LogP contribution >= 0.6 is 0 Å². The van der Waals surface area contributed by atoms with Gasteiger partial charge in [-0.25, -0.2) is 0 Å². The van der Waals surface area contributed by atoms with E-state index in [1.54, 1.807) is 0 Å². The SMILES string of the molecule is CN1CC2CC1C2CN. The van der Waals surface area contributed by atoms with Crippen LogP contribution in [0.15, 0.2) is 0 Å². The van der Waals surface area contributed by atoms with Gasteiger partial charge in [-0.15, -0.1) is 0 Å². The summed E-state index contributed by atoms with van der Waals surface area (Å²) in [6, 6.07) is 0.847. The number of hydrogen-bond acceptors (Lipinski definition) is 2. The molecule has 2 bridgehead atoms. The summed E-state index contributed by atoms with van der Waals surface area (Å²) in [5, 5.41) is 0. The van der Waals surface area contributed by atoms with Crippen LogP contribution in [0.25, 0.3) is 0 Å². The van der Waals surface area contributed by atoms with Gasteiger partial charge in [0.1, 0.15) is 0 Å². The van der Waals surface area contributed by atoms with Gasteiger partial charge in [0, 0.05) is 12.6 Å². The van der Waals surface area contributed by atoms with Crippen molar-refractivity contribution < 1.29 is 0 Å². The van der Waals surface area contributed by atoms with Gasteiger partial charge in [-0.2, -0.15) is 0 Å². The highest BCUT2D eigenvalue weighted by Gasteiger charge is 2.49. The van der Waals surface area contributed by atoms with Crippen LogP contribution in [0.2, 0.25) is 0 Å². The molecular weight excluding hydrogens is 112 g/mol. The summed E-state index contributed by atoms with van der Waals surface area (Å²) < 4.78 is 0. The van der Waals surface area contributed by atoms with Crippen LogP contribution in [0.3, 0.4) is 0 Å². The smallest absolute Gasteiger partial charge is 0.0139 e. The molecule has 3 rings (SSSR count). The average molecular weight is 126 g/mol. The van der Waals surface area contributed by atoms with E-state index in [1.807, 2.05) is 0 Å². The lowest BCUT2D eigenvalue weighted by Crippen LogP contribution is -2.41. The first kappa shape index (κ1) is 5.69. The van der Waals surface area contributed by atoms with Crippen molar-refractivity contribution in [3.63, 3.8) is 0 Å². The summed E-state index contributed by atoms with van der Waals surface area (Å²) in [6.45, 7) is 2.20. The molecule has 2 heteroatoms. The Kier molecular flexibility index (Phi) is 1.08. The minimum atomic E-state index is 0.843. The molecule has 0 aromatic rings. The molecule has 2 aliphatic heterocycles. The van der Waals surface area contributed by atoms with Crippen LogP contribution in [0, 0.1) is 11.8 Å². The fourth-order valence-corrected chi connectivity index (χ4v) is 2.35. The van der Waals surface area contributed by atoms with Crippen LogP contribution in [-0.4, -0.2) is 31.1 Å². The Bertz CT molecular complexity index is 124. The highest BCUT2D eigenvalue weighted by Crippen LogP contribution is 2.44. The molecule has 0 spiro atoms. The van der Waals surface area contributed by atoms with Crippen molar-refractivity contribution in [2.45, 2.75) is 12.5 Å². The van der Waals surface area contributed by atoms with E-state index in [9.17, 15) is 0 Å². The predicted molar refractivity (Wildman–Crippen MR) is 37.1 cm³/mol. The number of nitrogens with zero attached hydrogens (tertiary/aromatic N) is 1. The topological polar surface area (TPSA) is 29.3 Å². The van der Waals surface area contributed by atoms with Crippen molar-refractivity contribution in [3.05, 3.63) is 0 Å². The summed E-state index contributed by atoms with van der Waals surface area (Å²) in [7, 11) is 2.21. The number of nitrogens with two attached hydrogens (primary N) is 1. The third-order valence-corrected chi connectivity index (χ3v) is 3.00. The van der Waals surface area contributed by atoms with E-state index in [0.717, 1.165) is 24.4 Å². The molecule has 2 nitrogen and oxygen atoms in total. The molecule has 2 heterocycles. The van der Waals surface area contributed by atoms with Gasteiger partial charge >= 0.3 is 0 Å². The molecule has 2 saturated heterocycles. The molecule has 0 amide bonds. The molecule has 3 unspecified atom stereocenters. The fraction of sp³-hybridized carbons (Fsp3) is 1.00. The van der Waals surface area contributed by atoms with E-state index in [2.05, 4.69) is 11.9 Å². The maximum absolute atomic E-state index is 5.59. The number of fused-ring (bicyclic) bond motifs is 1. The Labute approximate surface area is 56.0 Å². The van der Waals surface area contributed by atoms with Crippen molar-refractivity contribution in [3.8, 4) is 0 Å². The van der Waals surface area contributed by atoms with Crippen molar-refractivity contribution in [2.75, 3.05) is 20.1 Å². The molecule has 1 aliphatic carbocycles. The van der Waals surface area contributed by atoms with Gasteiger partial charge in [-0.1, -0.05) is 0 Å². The molecule has 3 fully saturated rings. The van der Waals surface area contributed by atoms with Gasteiger partial charge in [0.05, 0.1) is 0 Å². The molecule has 3 aliphatic rings. The van der Waals surface area contributed by atoms with Gasteiger partial charge in [0.25, 0.3) is 0 Å². The second kappa shape index (κ2) is 1.70. The molecular formula is C7H14N2. The van der Waals surface area contributed by atoms with Gasteiger partial charge < -0.3 is 10.6 Å². The zero-order valence-corrected chi connectivity index (χ0v) is 5.88. The minimum absolute atomic E-state index is 0.843. The molecule has 52 valence electrons. The van der Waals surface area contributed by atoms with Gasteiger partial charge in [0.15, 0.2) is 0 Å². The van der Waals surface area contributed by atoms with E-state index < -0.39 is 0 Å². The van der Waals surface area contributed by atoms with Gasteiger partial charge in [0.2, 0.25) is 0 Å². The monoisotopic (exact) mass is 126 g/mol. The highest BCUT2D eigenvalue weighted by molar-refractivity contribution is 5.03. The lowest BCUT2D eigenvalue weighted by molar-refractivity contribution is 0.178. The molecule has 1 saturated carbocycles. The molecule has 0 radical (unpaired) electrons. The minimum Gasteiger partial charge on any atom is -0.330 e. The van der Waals surface area contributed by atoms with Gasteiger partial charge in [-0.05, 0) is 31.8 Å². The van der Waals surface area contributed by atoms with Crippen molar-refractivity contribution in [1.82, 2.24) is 4.90 Å². The first-order valence-electron chi connectivity index (χ1n) is 3.73. The van der Waals surface area contributed by atoms with Crippen LogP contribution < -0.4 is 5.73 Å². The van der Waals surface area contributed by atoms with E-state index in [1.165, 1.54) is 13.0 Å². The summed E-state index contributed by atoms with van der Waals surface area (Å²) in [5.41, 5.74) is 5.59. The Morgan fingerprint density at radius 3 is 2.67 bits per heavy atom. The molecule has 9 heavy (non-hydrogen) atoms. The van der Waals surface area contributed by atoms with Crippen LogP contribution in [0.1, 0.15) is 6.42 Å². The third-order valence-electron chi connectivity index (χ3n) is 3.00. The average Bonchev–Trinajstić information content (AvgIpc) is 2.22. The van der Waals surface area contributed by atoms with Crippen molar-refractivity contribution >= 4 is 0 Å². The Hall–Kier alpha value is -0.0800. The molecule has 2 N–H and O–H groups in total. The maximum atomic E-state index is 5.59. The summed E-state index contributed by atoms with van der Waals surface area (Å²) in [4.78, 5) is 2.45. The standard InChI is InChI=1S/C7H14N2/c1-9-4-5-2-7(9)6(5)3-8/h5-7H,2-4,8H2,1H3. The van der Waals surface area contributed by atoms with E-state index in [4.69, 9.17) is 5.73 Å². The summed E-state index contributed by atoms with van der Waals surface area (Å²) in [6.07, 6.45) is 1.42. The Balaban J connectivity index is 2.04. The number of hydrogen-bond donors (Lipinski definition) is 1. The van der Waals surface area contributed by atoms with E-state index in [-0.39, 0.29) is 0 Å². The highest BCUT2D eigenvalue weighted by atomic mass is 15.2. The summed E-state index contributed by atoms with van der Waals surface area (Å²) in [5.74, 6) is 1.79. The number of rotatable bonds is 1. The largest absolute Gasteiger partial charge is 0.330 e. The first-order valence-corrected chi connectivity index (χ1v) is 3.73. The molecule has 3 atom stereocenters. The lowest BCUT2D eigenvalue weighted by Gasteiger charge is -2.34. The quantitative estimate of drug-likeness (QED) is 0.531. The predicted octanol–water partition coefficient (Wildman–Crippen LogP) is -0.105. The fourth-order valence-electron chi connectivity index (χ4n) is 2.35. The van der Waals surface area contributed by atoms with Crippen LogP contribution in [0.5, 0.6) is 0 Å². The Morgan fingerprint density at radius 1 is 1.67 bits per heavy atom. The zero-order valence-electron chi connectivity index (χ0n) is 5.88.